The standard InChI is InChI=1S/C19H17F3N2O3S/c1-11(2)24-15-7-6-13(9-16(15)28-18(24)26)23-17(25)10-27-14-5-3-4-12(8-14)19(20,21)22/h3-9,11H,10H2,1-2H3,(H,23,25). The van der Waals surface area contributed by atoms with Gasteiger partial charge in [0.05, 0.1) is 15.8 Å². The summed E-state index contributed by atoms with van der Waals surface area (Å²) in [5.74, 6) is -0.569. The number of ether oxygens (including phenoxy) is 1. The molecule has 0 aliphatic heterocycles. The van der Waals surface area contributed by atoms with Crippen LogP contribution in [0, 0.1) is 0 Å². The van der Waals surface area contributed by atoms with E-state index in [1.807, 2.05) is 13.8 Å². The third-order valence-electron chi connectivity index (χ3n) is 3.94. The van der Waals surface area contributed by atoms with Crippen molar-refractivity contribution in [1.82, 2.24) is 4.57 Å². The van der Waals surface area contributed by atoms with Crippen molar-refractivity contribution in [2.75, 3.05) is 11.9 Å². The molecule has 3 aromatic rings. The number of thiazole rings is 1. The van der Waals surface area contributed by atoms with Gasteiger partial charge in [0.25, 0.3) is 5.91 Å². The third kappa shape index (κ3) is 4.36. The van der Waals surface area contributed by atoms with Crippen LogP contribution in [0.25, 0.3) is 10.2 Å². The highest BCUT2D eigenvalue weighted by Gasteiger charge is 2.30. The Morgan fingerprint density at radius 2 is 1.96 bits per heavy atom. The molecule has 0 spiro atoms. The molecule has 3 rings (SSSR count). The summed E-state index contributed by atoms with van der Waals surface area (Å²) in [5.41, 5.74) is 0.408. The van der Waals surface area contributed by atoms with Crippen molar-refractivity contribution in [1.29, 1.82) is 0 Å². The number of amides is 1. The van der Waals surface area contributed by atoms with Crippen LogP contribution in [0.5, 0.6) is 5.75 Å². The molecule has 9 heteroatoms. The molecule has 5 nitrogen and oxygen atoms in total. The smallest absolute Gasteiger partial charge is 0.416 e. The van der Waals surface area contributed by atoms with E-state index in [9.17, 15) is 22.8 Å². The third-order valence-corrected chi connectivity index (χ3v) is 4.86. The quantitative estimate of drug-likeness (QED) is 0.664. The van der Waals surface area contributed by atoms with E-state index in [4.69, 9.17) is 4.74 Å². The highest BCUT2D eigenvalue weighted by molar-refractivity contribution is 7.16. The van der Waals surface area contributed by atoms with E-state index in [2.05, 4.69) is 5.32 Å². The SMILES string of the molecule is CC(C)n1c(=O)sc2cc(NC(=O)COc3cccc(C(F)(F)F)c3)ccc21. The minimum atomic E-state index is -4.48. The second-order valence-electron chi connectivity index (χ2n) is 6.38. The molecule has 148 valence electrons. The zero-order valence-corrected chi connectivity index (χ0v) is 15.9. The van der Waals surface area contributed by atoms with E-state index >= 15 is 0 Å². The van der Waals surface area contributed by atoms with Crippen LogP contribution in [0.3, 0.4) is 0 Å². The monoisotopic (exact) mass is 410 g/mol. The van der Waals surface area contributed by atoms with Gasteiger partial charge >= 0.3 is 11.0 Å². The van der Waals surface area contributed by atoms with E-state index in [-0.39, 0.29) is 16.7 Å². The second kappa shape index (κ2) is 7.67. The number of fused-ring (bicyclic) bond motifs is 1. The average Bonchev–Trinajstić information content (AvgIpc) is 2.94. The fraction of sp³-hybridized carbons (Fsp3) is 0.263. The first-order valence-electron chi connectivity index (χ1n) is 8.40. The zero-order chi connectivity index (χ0) is 20.5. The Kier molecular flexibility index (Phi) is 5.46. The first-order valence-corrected chi connectivity index (χ1v) is 9.22. The molecule has 0 saturated carbocycles. The number of nitrogens with zero attached hydrogens (tertiary/aromatic N) is 1. The molecule has 0 unspecified atom stereocenters. The summed E-state index contributed by atoms with van der Waals surface area (Å²) in [6, 6.07) is 9.44. The average molecular weight is 410 g/mol. The lowest BCUT2D eigenvalue weighted by molar-refractivity contribution is -0.137. The maximum absolute atomic E-state index is 12.7. The summed E-state index contributed by atoms with van der Waals surface area (Å²) in [6.45, 7) is 3.38. The molecule has 1 N–H and O–H groups in total. The molecule has 1 heterocycles. The minimum Gasteiger partial charge on any atom is -0.484 e. The molecule has 2 aromatic carbocycles. The summed E-state index contributed by atoms with van der Waals surface area (Å²) in [4.78, 5) is 24.0. The summed E-state index contributed by atoms with van der Waals surface area (Å²) in [5, 5.41) is 2.62. The normalized spacial score (nSPS) is 11.8. The Morgan fingerprint density at radius 1 is 1.21 bits per heavy atom. The first kappa shape index (κ1) is 19.9. The van der Waals surface area contributed by atoms with Crippen LogP contribution in [0.2, 0.25) is 0 Å². The van der Waals surface area contributed by atoms with Crippen molar-refractivity contribution in [2.45, 2.75) is 26.1 Å². The first-order chi connectivity index (χ1) is 13.1. The fourth-order valence-electron chi connectivity index (χ4n) is 2.71. The molecule has 0 saturated heterocycles. The number of aromatic nitrogens is 1. The van der Waals surface area contributed by atoms with Crippen molar-refractivity contribution in [2.24, 2.45) is 0 Å². The number of anilines is 1. The molecule has 1 amide bonds. The fourth-order valence-corrected chi connectivity index (χ4v) is 3.76. The van der Waals surface area contributed by atoms with Gasteiger partial charge in [-0.05, 0) is 50.2 Å². The number of benzene rings is 2. The maximum Gasteiger partial charge on any atom is 0.416 e. The lowest BCUT2D eigenvalue weighted by Gasteiger charge is -2.11. The molecule has 0 fully saturated rings. The van der Waals surface area contributed by atoms with Gasteiger partial charge in [-0.1, -0.05) is 17.4 Å². The highest BCUT2D eigenvalue weighted by Crippen LogP contribution is 2.31. The van der Waals surface area contributed by atoms with E-state index in [1.165, 1.54) is 12.1 Å². The van der Waals surface area contributed by atoms with E-state index < -0.39 is 24.3 Å². The molecular formula is C19H17F3N2O3S. The second-order valence-corrected chi connectivity index (χ2v) is 7.37. The van der Waals surface area contributed by atoms with Crippen LogP contribution in [0.1, 0.15) is 25.5 Å². The molecule has 0 atom stereocenters. The lowest BCUT2D eigenvalue weighted by atomic mass is 10.2. The number of rotatable bonds is 5. The van der Waals surface area contributed by atoms with Gasteiger partial charge in [0.1, 0.15) is 5.75 Å². The van der Waals surface area contributed by atoms with Gasteiger partial charge in [0, 0.05) is 11.7 Å². The molecule has 0 radical (unpaired) electrons. The molecule has 0 bridgehead atoms. The van der Waals surface area contributed by atoms with Crippen molar-refractivity contribution < 1.29 is 22.7 Å². The number of halogens is 3. The van der Waals surface area contributed by atoms with E-state index in [0.717, 1.165) is 33.7 Å². The number of carbonyl (C=O) groups excluding carboxylic acids is 1. The van der Waals surface area contributed by atoms with Crippen molar-refractivity contribution in [3.05, 3.63) is 57.7 Å². The Hall–Kier alpha value is -2.81. The minimum absolute atomic E-state index is 0.0163. The van der Waals surface area contributed by atoms with Crippen molar-refractivity contribution in [3.63, 3.8) is 0 Å². The van der Waals surface area contributed by atoms with Gasteiger partial charge in [0.2, 0.25) is 0 Å². The van der Waals surface area contributed by atoms with Gasteiger partial charge in [-0.25, -0.2) is 0 Å². The number of nitrogens with one attached hydrogen (secondary N) is 1. The molecule has 1 aromatic heterocycles. The number of hydrogen-bond donors (Lipinski definition) is 1. The zero-order valence-electron chi connectivity index (χ0n) is 15.0. The van der Waals surface area contributed by atoms with Crippen LogP contribution >= 0.6 is 11.3 Å². The Labute approximate surface area is 162 Å². The Balaban J connectivity index is 1.68. The number of alkyl halides is 3. The maximum atomic E-state index is 12.7. The molecule has 28 heavy (non-hydrogen) atoms. The summed E-state index contributed by atoms with van der Waals surface area (Å²) in [6.07, 6.45) is -4.48. The molecular weight excluding hydrogens is 393 g/mol. The van der Waals surface area contributed by atoms with Gasteiger partial charge in [0.15, 0.2) is 6.61 Å². The van der Waals surface area contributed by atoms with Gasteiger partial charge in [-0.2, -0.15) is 13.2 Å². The Morgan fingerprint density at radius 3 is 2.64 bits per heavy atom. The van der Waals surface area contributed by atoms with Crippen LogP contribution < -0.4 is 14.9 Å². The van der Waals surface area contributed by atoms with Crippen LogP contribution in [-0.4, -0.2) is 17.1 Å². The predicted molar refractivity (Wildman–Crippen MR) is 102 cm³/mol. The predicted octanol–water partition coefficient (Wildman–Crippen LogP) is 4.68. The topological polar surface area (TPSA) is 60.3 Å². The van der Waals surface area contributed by atoms with E-state index in [0.29, 0.717) is 5.69 Å². The van der Waals surface area contributed by atoms with Gasteiger partial charge in [-0.15, -0.1) is 0 Å². The molecule has 0 aliphatic carbocycles. The lowest BCUT2D eigenvalue weighted by Crippen LogP contribution is -2.20. The van der Waals surface area contributed by atoms with Crippen molar-refractivity contribution in [3.8, 4) is 5.75 Å². The highest BCUT2D eigenvalue weighted by atomic mass is 32.1. The van der Waals surface area contributed by atoms with Crippen LogP contribution in [0.4, 0.5) is 18.9 Å². The number of carbonyl (C=O) groups is 1. The van der Waals surface area contributed by atoms with Gasteiger partial charge < -0.3 is 10.1 Å². The summed E-state index contributed by atoms with van der Waals surface area (Å²) >= 11 is 1.08. The van der Waals surface area contributed by atoms with E-state index in [1.54, 1.807) is 22.8 Å². The van der Waals surface area contributed by atoms with Crippen LogP contribution in [-0.2, 0) is 11.0 Å². The number of hydrogen-bond acceptors (Lipinski definition) is 4. The largest absolute Gasteiger partial charge is 0.484 e. The van der Waals surface area contributed by atoms with Crippen molar-refractivity contribution >= 4 is 33.1 Å². The van der Waals surface area contributed by atoms with Crippen LogP contribution in [0.15, 0.2) is 47.3 Å². The van der Waals surface area contributed by atoms with Gasteiger partial charge in [-0.3, -0.25) is 14.2 Å². The summed E-state index contributed by atoms with van der Waals surface area (Å²) < 4.78 is 45.7. The Bertz CT molecular complexity index is 1070. The summed E-state index contributed by atoms with van der Waals surface area (Å²) in [7, 11) is 0. The molecule has 0 aliphatic rings.